The molecule has 2 aliphatic rings. The summed E-state index contributed by atoms with van der Waals surface area (Å²) in [5.74, 6) is 1.60. The summed E-state index contributed by atoms with van der Waals surface area (Å²) in [6.07, 6.45) is 6.15. The Morgan fingerprint density at radius 2 is 1.78 bits per heavy atom. The van der Waals surface area contributed by atoms with Crippen molar-refractivity contribution in [1.29, 1.82) is 0 Å². The molecule has 4 aromatic rings. The van der Waals surface area contributed by atoms with Crippen LogP contribution >= 0.6 is 0 Å². The smallest absolute Gasteiger partial charge is 0.243 e. The number of sulfonamides is 1. The number of ether oxygens (including phenoxy) is 4. The molecule has 0 radical (unpaired) electrons. The molecule has 1 fully saturated rings. The second-order valence-electron chi connectivity index (χ2n) is 13.1. The lowest BCUT2D eigenvalue weighted by molar-refractivity contribution is -0.0310. The van der Waals surface area contributed by atoms with Gasteiger partial charge in [0.25, 0.3) is 0 Å². The highest BCUT2D eigenvalue weighted by Gasteiger charge is 2.40. The first-order valence-electron chi connectivity index (χ1n) is 17.5. The fourth-order valence-electron chi connectivity index (χ4n) is 7.04. The summed E-state index contributed by atoms with van der Waals surface area (Å²) < 4.78 is 56.2. The van der Waals surface area contributed by atoms with Crippen LogP contribution in [0.25, 0.3) is 0 Å². The van der Waals surface area contributed by atoms with E-state index in [0.717, 1.165) is 59.8 Å². The van der Waals surface area contributed by atoms with Crippen molar-refractivity contribution in [1.82, 2.24) is 19.1 Å². The van der Waals surface area contributed by atoms with Crippen LogP contribution in [0.2, 0.25) is 0 Å². The molecule has 0 amide bonds. The minimum Gasteiger partial charge on any atom is -0.497 e. The zero-order valence-electron chi connectivity index (χ0n) is 29.5. The van der Waals surface area contributed by atoms with E-state index >= 15 is 0 Å². The molecule has 0 saturated carbocycles. The molecule has 0 N–H and O–H groups in total. The number of piperidine rings is 1. The fraction of sp³-hybridized carbons (Fsp3) is 0.474. The monoisotopic (exact) mass is 703 g/mol. The van der Waals surface area contributed by atoms with Gasteiger partial charge in [-0.25, -0.2) is 18.1 Å². The first-order chi connectivity index (χ1) is 24.3. The van der Waals surface area contributed by atoms with Gasteiger partial charge < -0.3 is 23.8 Å². The lowest BCUT2D eigenvalue weighted by atomic mass is 9.94. The molecule has 2 aliphatic heterocycles. The van der Waals surface area contributed by atoms with Gasteiger partial charge in [-0.05, 0) is 86.6 Å². The molecular weight excluding hydrogens is 655 g/mol. The summed E-state index contributed by atoms with van der Waals surface area (Å²) in [5.41, 5.74) is 3.97. The molecule has 4 atom stereocenters. The zero-order chi connectivity index (χ0) is 35.1. The Balaban J connectivity index is 1.32. The number of methoxy groups -OCH3 is 2. The van der Waals surface area contributed by atoms with E-state index < -0.39 is 16.1 Å². The number of hydrogen-bond acceptors (Lipinski definition) is 9. The summed E-state index contributed by atoms with van der Waals surface area (Å²) in [7, 11) is -0.455. The fourth-order valence-corrected chi connectivity index (χ4v) is 8.73. The van der Waals surface area contributed by atoms with Crippen molar-refractivity contribution < 1.29 is 27.4 Å². The normalized spacial score (nSPS) is 19.4. The van der Waals surface area contributed by atoms with E-state index in [1.54, 1.807) is 37.0 Å². The van der Waals surface area contributed by atoms with Gasteiger partial charge in [0, 0.05) is 32.8 Å². The van der Waals surface area contributed by atoms with Crippen LogP contribution in [0.5, 0.6) is 11.5 Å². The third-order valence-electron chi connectivity index (χ3n) is 9.84. The Morgan fingerprint density at radius 3 is 2.48 bits per heavy atom. The predicted molar refractivity (Wildman–Crippen MR) is 192 cm³/mol. The number of nitrogens with zero attached hydrogens (tertiary/aromatic N) is 5. The van der Waals surface area contributed by atoms with E-state index in [1.807, 2.05) is 54.1 Å². The summed E-state index contributed by atoms with van der Waals surface area (Å²) in [5, 5.41) is 4.38. The molecule has 1 saturated heterocycles. The Hall–Kier alpha value is -3.97. The van der Waals surface area contributed by atoms with Gasteiger partial charge in [-0.1, -0.05) is 42.8 Å². The van der Waals surface area contributed by atoms with Crippen LogP contribution in [0.3, 0.4) is 0 Å². The van der Waals surface area contributed by atoms with Gasteiger partial charge in [0.2, 0.25) is 10.0 Å². The first kappa shape index (κ1) is 35.8. The number of benzene rings is 3. The zero-order valence-corrected chi connectivity index (χ0v) is 30.3. The second kappa shape index (κ2) is 16.4. The maximum atomic E-state index is 14.4. The maximum Gasteiger partial charge on any atom is 0.243 e. The van der Waals surface area contributed by atoms with Crippen molar-refractivity contribution in [2.45, 2.75) is 75.1 Å². The van der Waals surface area contributed by atoms with E-state index in [0.29, 0.717) is 32.5 Å². The quantitative estimate of drug-likeness (QED) is 0.134. The molecule has 3 aromatic carbocycles. The minimum atomic E-state index is -3.83. The third-order valence-corrected chi connectivity index (χ3v) is 11.8. The topological polar surface area (TPSA) is 108 Å². The Bertz CT molecular complexity index is 1770. The summed E-state index contributed by atoms with van der Waals surface area (Å²) in [6.45, 7) is 7.25. The number of rotatable bonds is 15. The molecular formula is C38H49N5O6S. The first-order valence-corrected chi connectivity index (χ1v) is 19.0. The third kappa shape index (κ3) is 8.15. The van der Waals surface area contributed by atoms with Crippen LogP contribution in [-0.2, 0) is 19.5 Å². The van der Waals surface area contributed by atoms with Gasteiger partial charge >= 0.3 is 0 Å². The number of anilines is 1. The summed E-state index contributed by atoms with van der Waals surface area (Å²) in [6, 6.07) is 21.0. The van der Waals surface area contributed by atoms with Gasteiger partial charge in [0.15, 0.2) is 0 Å². The Labute approximate surface area is 296 Å². The summed E-state index contributed by atoms with van der Waals surface area (Å²) >= 11 is 0. The highest BCUT2D eigenvalue weighted by molar-refractivity contribution is 7.89. The highest BCUT2D eigenvalue weighted by atomic mass is 32.2. The molecule has 50 heavy (non-hydrogen) atoms. The van der Waals surface area contributed by atoms with Gasteiger partial charge in [0.05, 0.1) is 36.4 Å². The number of fused-ring (bicyclic) bond motifs is 1. The lowest BCUT2D eigenvalue weighted by Crippen LogP contribution is -2.50. The average molecular weight is 704 g/mol. The molecule has 0 bridgehead atoms. The largest absolute Gasteiger partial charge is 0.497 e. The van der Waals surface area contributed by atoms with Crippen LogP contribution in [0.15, 0.2) is 84.3 Å². The van der Waals surface area contributed by atoms with Crippen molar-refractivity contribution in [2.75, 3.05) is 52.0 Å². The van der Waals surface area contributed by atoms with Crippen molar-refractivity contribution >= 4 is 15.7 Å². The van der Waals surface area contributed by atoms with E-state index in [1.165, 1.54) is 6.33 Å². The minimum absolute atomic E-state index is 0.0206. The van der Waals surface area contributed by atoms with Gasteiger partial charge in [-0.3, -0.25) is 0 Å². The standard InChI is InChI=1S/C38H49N5O6S/c1-5-31(42-27-39-26-40-42)24-32-12-15-34(25-43(32)50(44,45)35-16-7-28(2)8-17-35)49-38(29-9-13-33(47-4)14-10-29)30-11-18-37-36(23-30)41(20-22-48-37)19-6-21-46-3/h7-11,13-14,16-18,23,26-27,31-32,34,38H,5-6,12,15,19-22,24-25H2,1-4H3/t31-,32-,34-,38?/m1/s1. The SMILES string of the molecule is CC[C@H](C[C@H]1CC[C@@H](OC(c2ccc(OC)cc2)c2ccc3c(c2)N(CCCOC)CCO3)CN1S(=O)(=O)c1ccc(C)cc1)n1cncn1. The number of aryl methyl sites for hydroxylation is 1. The summed E-state index contributed by atoms with van der Waals surface area (Å²) in [4.78, 5) is 6.78. The Kier molecular flexibility index (Phi) is 11.7. The molecule has 12 heteroatoms. The molecule has 1 aromatic heterocycles. The van der Waals surface area contributed by atoms with E-state index in [9.17, 15) is 8.42 Å². The molecule has 1 unspecified atom stereocenters. The molecule has 11 nitrogen and oxygen atoms in total. The highest BCUT2D eigenvalue weighted by Crippen LogP contribution is 2.40. The number of aromatic nitrogens is 3. The van der Waals surface area contributed by atoms with Gasteiger partial charge in [-0.15, -0.1) is 0 Å². The molecule has 6 rings (SSSR count). The van der Waals surface area contributed by atoms with Crippen LogP contribution in [0, 0.1) is 6.92 Å². The second-order valence-corrected chi connectivity index (χ2v) is 15.0. The van der Waals surface area contributed by atoms with Crippen LogP contribution in [0.1, 0.15) is 67.9 Å². The van der Waals surface area contributed by atoms with Crippen molar-refractivity contribution in [3.05, 3.63) is 96.1 Å². The molecule has 3 heterocycles. The predicted octanol–water partition coefficient (Wildman–Crippen LogP) is 6.20. The van der Waals surface area contributed by atoms with Crippen molar-refractivity contribution in [2.24, 2.45) is 0 Å². The van der Waals surface area contributed by atoms with E-state index in [4.69, 9.17) is 18.9 Å². The molecule has 0 aliphatic carbocycles. The van der Waals surface area contributed by atoms with Crippen molar-refractivity contribution in [3.63, 3.8) is 0 Å². The molecule has 268 valence electrons. The van der Waals surface area contributed by atoms with Crippen LogP contribution < -0.4 is 14.4 Å². The average Bonchev–Trinajstić information content (AvgIpc) is 3.68. The van der Waals surface area contributed by atoms with E-state index in [2.05, 4.69) is 34.0 Å². The maximum absolute atomic E-state index is 14.4. The number of hydrogen-bond donors (Lipinski definition) is 0. The van der Waals surface area contributed by atoms with Gasteiger partial charge in [-0.2, -0.15) is 9.40 Å². The molecule has 0 spiro atoms. The van der Waals surface area contributed by atoms with Crippen LogP contribution in [-0.4, -0.2) is 86.7 Å². The van der Waals surface area contributed by atoms with Crippen molar-refractivity contribution in [3.8, 4) is 11.5 Å². The Morgan fingerprint density at radius 1 is 1.00 bits per heavy atom. The van der Waals surface area contributed by atoms with E-state index in [-0.39, 0.29) is 29.6 Å². The lowest BCUT2D eigenvalue weighted by Gasteiger charge is -2.41. The van der Waals surface area contributed by atoms with Crippen LogP contribution in [0.4, 0.5) is 5.69 Å². The van der Waals surface area contributed by atoms with Gasteiger partial charge in [0.1, 0.15) is 36.9 Å².